The molecule has 4 nitrogen and oxygen atoms in total. The molecule has 0 spiro atoms. The topological polar surface area (TPSA) is 47.9 Å². The van der Waals surface area contributed by atoms with Crippen molar-refractivity contribution in [3.05, 3.63) is 33.1 Å². The van der Waals surface area contributed by atoms with Gasteiger partial charge in [-0.3, -0.25) is 0 Å². The molecule has 0 aliphatic rings. The molecule has 0 amide bonds. The number of hydrogen-bond donors (Lipinski definition) is 0. The summed E-state index contributed by atoms with van der Waals surface area (Å²) >= 11 is 7.54. The van der Waals surface area contributed by atoms with Crippen molar-refractivity contribution in [1.29, 1.82) is 0 Å². The molecule has 2 aromatic heterocycles. The number of thiazole rings is 1. The van der Waals surface area contributed by atoms with Crippen LogP contribution < -0.4 is 4.74 Å². The van der Waals surface area contributed by atoms with E-state index in [4.69, 9.17) is 16.3 Å². The lowest BCUT2D eigenvalue weighted by atomic mass is 10.3. The van der Waals surface area contributed by atoms with E-state index in [2.05, 4.69) is 15.0 Å². The van der Waals surface area contributed by atoms with Gasteiger partial charge in [0.1, 0.15) is 11.0 Å². The minimum absolute atomic E-state index is 0.422. The first kappa shape index (κ1) is 13.2. The van der Waals surface area contributed by atoms with Crippen LogP contribution in [0.1, 0.15) is 23.3 Å². The second kappa shape index (κ2) is 6.11. The van der Waals surface area contributed by atoms with Crippen molar-refractivity contribution in [3.63, 3.8) is 0 Å². The second-order valence-electron chi connectivity index (χ2n) is 3.76. The highest BCUT2D eigenvalue weighted by molar-refractivity contribution is 7.09. The summed E-state index contributed by atoms with van der Waals surface area (Å²) in [5.41, 5.74) is 2.92. The van der Waals surface area contributed by atoms with E-state index in [-0.39, 0.29) is 0 Å². The molecular formula is C12H14ClN3OS. The van der Waals surface area contributed by atoms with Gasteiger partial charge < -0.3 is 4.74 Å². The number of nitrogens with zero attached hydrogens (tertiary/aromatic N) is 3. The van der Waals surface area contributed by atoms with E-state index >= 15 is 0 Å². The third-order valence-electron chi connectivity index (χ3n) is 2.46. The number of ether oxygens (including phenoxy) is 1. The van der Waals surface area contributed by atoms with E-state index in [1.165, 1.54) is 4.88 Å². The van der Waals surface area contributed by atoms with E-state index in [0.717, 1.165) is 18.5 Å². The van der Waals surface area contributed by atoms with Gasteiger partial charge in [-0.05, 0) is 6.92 Å². The fraction of sp³-hybridized carbons (Fsp3) is 0.417. The lowest BCUT2D eigenvalue weighted by molar-refractivity contribution is 0.308. The zero-order valence-corrected chi connectivity index (χ0v) is 11.9. The normalized spacial score (nSPS) is 10.6. The SMILES string of the molecule is CCc1nc(Cl)cc(OCCc2scnc2C)n1. The molecule has 0 radical (unpaired) electrons. The number of halogens is 1. The van der Waals surface area contributed by atoms with Crippen LogP contribution in [0.25, 0.3) is 0 Å². The summed E-state index contributed by atoms with van der Waals surface area (Å²) < 4.78 is 5.60. The van der Waals surface area contributed by atoms with Crippen LogP contribution in [0.3, 0.4) is 0 Å². The van der Waals surface area contributed by atoms with E-state index in [1.54, 1.807) is 17.4 Å². The monoisotopic (exact) mass is 283 g/mol. The molecule has 0 aliphatic carbocycles. The quantitative estimate of drug-likeness (QED) is 0.791. The molecule has 96 valence electrons. The van der Waals surface area contributed by atoms with Crippen LogP contribution in [0.15, 0.2) is 11.6 Å². The van der Waals surface area contributed by atoms with Crippen molar-refractivity contribution in [3.8, 4) is 5.88 Å². The molecule has 0 atom stereocenters. The van der Waals surface area contributed by atoms with Gasteiger partial charge in [0.05, 0.1) is 17.8 Å². The Labute approximate surface area is 115 Å². The van der Waals surface area contributed by atoms with Gasteiger partial charge in [-0.25, -0.2) is 9.97 Å². The lowest BCUT2D eigenvalue weighted by Crippen LogP contribution is -2.04. The summed E-state index contributed by atoms with van der Waals surface area (Å²) in [6.45, 7) is 4.55. The van der Waals surface area contributed by atoms with Crippen LogP contribution in [0.5, 0.6) is 5.88 Å². The van der Waals surface area contributed by atoms with Gasteiger partial charge in [-0.2, -0.15) is 4.98 Å². The minimum Gasteiger partial charge on any atom is -0.477 e. The van der Waals surface area contributed by atoms with E-state index in [1.807, 2.05) is 19.4 Å². The smallest absolute Gasteiger partial charge is 0.218 e. The molecule has 0 unspecified atom stereocenters. The summed E-state index contributed by atoms with van der Waals surface area (Å²) in [7, 11) is 0. The van der Waals surface area contributed by atoms with Crippen LogP contribution in [0.2, 0.25) is 5.15 Å². The van der Waals surface area contributed by atoms with Gasteiger partial charge in [-0.15, -0.1) is 11.3 Å². The molecule has 18 heavy (non-hydrogen) atoms. The Bertz CT molecular complexity index is 530. The van der Waals surface area contributed by atoms with Gasteiger partial charge in [0.2, 0.25) is 5.88 Å². The summed E-state index contributed by atoms with van der Waals surface area (Å²) in [4.78, 5) is 13.8. The zero-order valence-electron chi connectivity index (χ0n) is 10.3. The largest absolute Gasteiger partial charge is 0.477 e. The Hall–Kier alpha value is -1.20. The third-order valence-corrected chi connectivity index (χ3v) is 3.65. The first-order valence-electron chi connectivity index (χ1n) is 5.74. The van der Waals surface area contributed by atoms with Crippen LogP contribution in [0, 0.1) is 6.92 Å². The van der Waals surface area contributed by atoms with E-state index < -0.39 is 0 Å². The summed E-state index contributed by atoms with van der Waals surface area (Å²) in [6, 6.07) is 1.64. The maximum absolute atomic E-state index is 5.89. The lowest BCUT2D eigenvalue weighted by Gasteiger charge is -2.06. The molecule has 0 saturated heterocycles. The Morgan fingerprint density at radius 3 is 2.89 bits per heavy atom. The van der Waals surface area contributed by atoms with Gasteiger partial charge in [0.15, 0.2) is 0 Å². The standard InChI is InChI=1S/C12H14ClN3OS/c1-3-11-15-10(13)6-12(16-11)17-5-4-9-8(2)14-7-18-9/h6-7H,3-5H2,1-2H3. The van der Waals surface area contributed by atoms with Crippen LogP contribution in [-0.2, 0) is 12.8 Å². The summed E-state index contributed by atoms with van der Waals surface area (Å²) in [6.07, 6.45) is 1.57. The predicted octanol–water partition coefficient (Wildman–Crippen LogP) is 3.08. The van der Waals surface area contributed by atoms with Crippen LogP contribution in [0.4, 0.5) is 0 Å². The molecule has 0 saturated carbocycles. The molecule has 0 fully saturated rings. The molecule has 0 aliphatic heterocycles. The van der Waals surface area contributed by atoms with Crippen molar-refractivity contribution >= 4 is 22.9 Å². The Morgan fingerprint density at radius 1 is 1.39 bits per heavy atom. The number of aromatic nitrogens is 3. The fourth-order valence-corrected chi connectivity index (χ4v) is 2.44. The van der Waals surface area contributed by atoms with Crippen molar-refractivity contribution in [2.45, 2.75) is 26.7 Å². The molecule has 2 rings (SSSR count). The number of aryl methyl sites for hydroxylation is 2. The van der Waals surface area contributed by atoms with E-state index in [9.17, 15) is 0 Å². The van der Waals surface area contributed by atoms with Crippen LogP contribution in [-0.4, -0.2) is 21.6 Å². The molecule has 2 heterocycles. The Balaban J connectivity index is 1.94. The van der Waals surface area contributed by atoms with Gasteiger partial charge in [-0.1, -0.05) is 18.5 Å². The second-order valence-corrected chi connectivity index (χ2v) is 5.08. The molecule has 0 bridgehead atoms. The average molecular weight is 284 g/mol. The maximum atomic E-state index is 5.89. The maximum Gasteiger partial charge on any atom is 0.218 e. The Kier molecular flexibility index (Phi) is 4.49. The van der Waals surface area contributed by atoms with Crippen LogP contribution >= 0.6 is 22.9 Å². The number of hydrogen-bond acceptors (Lipinski definition) is 5. The average Bonchev–Trinajstić information content (AvgIpc) is 2.74. The highest BCUT2D eigenvalue weighted by atomic mass is 35.5. The highest BCUT2D eigenvalue weighted by Gasteiger charge is 2.05. The highest BCUT2D eigenvalue weighted by Crippen LogP contribution is 2.16. The van der Waals surface area contributed by atoms with Crippen molar-refractivity contribution < 1.29 is 4.74 Å². The third kappa shape index (κ3) is 3.40. The molecule has 0 aromatic carbocycles. The van der Waals surface area contributed by atoms with Gasteiger partial charge in [0, 0.05) is 23.8 Å². The molecule has 6 heteroatoms. The fourth-order valence-electron chi connectivity index (χ4n) is 1.49. The van der Waals surface area contributed by atoms with Crippen molar-refractivity contribution in [1.82, 2.24) is 15.0 Å². The van der Waals surface area contributed by atoms with Crippen molar-refractivity contribution in [2.75, 3.05) is 6.61 Å². The predicted molar refractivity (Wildman–Crippen MR) is 72.5 cm³/mol. The summed E-state index contributed by atoms with van der Waals surface area (Å²) in [5, 5.41) is 0.422. The summed E-state index contributed by atoms with van der Waals surface area (Å²) in [5.74, 6) is 1.24. The zero-order chi connectivity index (χ0) is 13.0. The molecule has 2 aromatic rings. The van der Waals surface area contributed by atoms with Gasteiger partial charge >= 0.3 is 0 Å². The number of rotatable bonds is 5. The molecular weight excluding hydrogens is 270 g/mol. The first-order chi connectivity index (χ1) is 8.69. The van der Waals surface area contributed by atoms with E-state index in [0.29, 0.717) is 23.5 Å². The first-order valence-corrected chi connectivity index (χ1v) is 7.00. The van der Waals surface area contributed by atoms with Crippen molar-refractivity contribution in [2.24, 2.45) is 0 Å². The Morgan fingerprint density at radius 2 is 2.22 bits per heavy atom. The minimum atomic E-state index is 0.422. The van der Waals surface area contributed by atoms with Gasteiger partial charge in [0.25, 0.3) is 0 Å². The molecule has 0 N–H and O–H groups in total.